The number of morpholine rings is 1. The Morgan fingerprint density at radius 3 is 2.96 bits per heavy atom. The molecule has 0 aliphatic carbocycles. The Bertz CT molecular complexity index is 665. The first-order chi connectivity index (χ1) is 12.7. The number of nitrogens with zero attached hydrogens (tertiary/aromatic N) is 4. The molecule has 0 radical (unpaired) electrons. The quantitative estimate of drug-likeness (QED) is 0.765. The topological polar surface area (TPSA) is 77.0 Å². The van der Waals surface area contributed by atoms with Crippen LogP contribution in [0.1, 0.15) is 24.1 Å². The Morgan fingerprint density at radius 2 is 2.15 bits per heavy atom. The van der Waals surface area contributed by atoms with Crippen LogP contribution in [-0.4, -0.2) is 80.5 Å². The molecule has 4 rings (SSSR count). The number of likely N-dealkylation sites (tertiary alicyclic amines) is 1. The van der Waals surface area contributed by atoms with E-state index >= 15 is 0 Å². The first-order valence-corrected chi connectivity index (χ1v) is 9.25. The predicted molar refractivity (Wildman–Crippen MR) is 94.1 cm³/mol. The number of rotatable bonds is 4. The molecule has 3 aliphatic heterocycles. The minimum absolute atomic E-state index is 0.137. The standard InChI is InChI=1S/C18H26N4O4/c1-24-7-2-15(23)22-4-3-18(12-22)13-26-11-14-10-19-17(20-16(14)18)21-5-8-25-9-6-21/h10H,2-9,11-13H2,1H3/t18-/m0/s1. The number of hydrogen-bond acceptors (Lipinski definition) is 7. The van der Waals surface area contributed by atoms with Gasteiger partial charge in [0.15, 0.2) is 0 Å². The number of methoxy groups -OCH3 is 1. The summed E-state index contributed by atoms with van der Waals surface area (Å²) in [5.41, 5.74) is 1.88. The van der Waals surface area contributed by atoms with Crippen LogP contribution in [0.25, 0.3) is 0 Å². The summed E-state index contributed by atoms with van der Waals surface area (Å²) in [5.74, 6) is 0.899. The van der Waals surface area contributed by atoms with Gasteiger partial charge in [0.05, 0.1) is 50.6 Å². The molecule has 1 aromatic rings. The number of anilines is 1. The van der Waals surface area contributed by atoms with Gasteiger partial charge in [0.2, 0.25) is 11.9 Å². The fourth-order valence-electron chi connectivity index (χ4n) is 4.05. The Balaban J connectivity index is 1.57. The Labute approximate surface area is 153 Å². The molecular formula is C18H26N4O4. The van der Waals surface area contributed by atoms with Crippen LogP contribution in [0, 0.1) is 0 Å². The zero-order valence-corrected chi connectivity index (χ0v) is 15.3. The van der Waals surface area contributed by atoms with E-state index in [-0.39, 0.29) is 11.3 Å². The summed E-state index contributed by atoms with van der Waals surface area (Å²) in [6, 6.07) is 0. The van der Waals surface area contributed by atoms with E-state index in [1.54, 1.807) is 7.11 Å². The molecule has 1 spiro atoms. The molecule has 8 heteroatoms. The minimum atomic E-state index is -0.222. The van der Waals surface area contributed by atoms with Crippen LogP contribution >= 0.6 is 0 Å². The SMILES string of the molecule is COCCC(=O)N1CC[C@@]2(COCc3cnc(N4CCOCC4)nc32)C1. The van der Waals surface area contributed by atoms with Gasteiger partial charge in [-0.15, -0.1) is 0 Å². The average Bonchev–Trinajstić information content (AvgIpc) is 3.12. The zero-order chi connectivity index (χ0) is 18.0. The van der Waals surface area contributed by atoms with Gasteiger partial charge in [-0.05, 0) is 6.42 Å². The molecule has 0 saturated carbocycles. The van der Waals surface area contributed by atoms with Crippen molar-refractivity contribution in [3.05, 3.63) is 17.5 Å². The van der Waals surface area contributed by atoms with Crippen molar-refractivity contribution in [2.75, 3.05) is 64.6 Å². The fraction of sp³-hybridized carbons (Fsp3) is 0.722. The molecule has 1 aromatic heterocycles. The second-order valence-electron chi connectivity index (χ2n) is 7.22. The van der Waals surface area contributed by atoms with Gasteiger partial charge in [0.1, 0.15) is 0 Å². The number of carbonyl (C=O) groups excluding carboxylic acids is 1. The van der Waals surface area contributed by atoms with Crippen LogP contribution in [0.3, 0.4) is 0 Å². The molecule has 0 bridgehead atoms. The molecule has 0 N–H and O–H groups in total. The largest absolute Gasteiger partial charge is 0.384 e. The second kappa shape index (κ2) is 7.46. The highest BCUT2D eigenvalue weighted by molar-refractivity contribution is 5.77. The molecule has 2 fully saturated rings. The van der Waals surface area contributed by atoms with Gasteiger partial charge < -0.3 is 24.0 Å². The molecule has 142 valence electrons. The number of fused-ring (bicyclic) bond motifs is 2. The van der Waals surface area contributed by atoms with Crippen LogP contribution in [0.4, 0.5) is 5.95 Å². The molecule has 1 atom stereocenters. The van der Waals surface area contributed by atoms with Gasteiger partial charge in [0.25, 0.3) is 0 Å². The number of amides is 1. The third kappa shape index (κ3) is 3.28. The summed E-state index contributed by atoms with van der Waals surface area (Å²) < 4.78 is 16.3. The lowest BCUT2D eigenvalue weighted by molar-refractivity contribution is -0.131. The minimum Gasteiger partial charge on any atom is -0.384 e. The lowest BCUT2D eigenvalue weighted by Gasteiger charge is -2.35. The average molecular weight is 362 g/mol. The summed E-state index contributed by atoms with van der Waals surface area (Å²) >= 11 is 0. The summed E-state index contributed by atoms with van der Waals surface area (Å²) in [5, 5.41) is 0. The van der Waals surface area contributed by atoms with Gasteiger partial charge in [-0.1, -0.05) is 0 Å². The first kappa shape index (κ1) is 17.6. The Morgan fingerprint density at radius 1 is 1.31 bits per heavy atom. The Kier molecular flexibility index (Phi) is 5.06. The van der Waals surface area contributed by atoms with Crippen LogP contribution in [0.2, 0.25) is 0 Å². The van der Waals surface area contributed by atoms with E-state index in [2.05, 4.69) is 9.88 Å². The summed E-state index contributed by atoms with van der Waals surface area (Å²) in [7, 11) is 1.62. The molecule has 2 saturated heterocycles. The monoisotopic (exact) mass is 362 g/mol. The van der Waals surface area contributed by atoms with Crippen molar-refractivity contribution < 1.29 is 19.0 Å². The summed E-state index contributed by atoms with van der Waals surface area (Å²) in [6.07, 6.45) is 3.19. The molecule has 8 nitrogen and oxygen atoms in total. The van der Waals surface area contributed by atoms with Crippen molar-refractivity contribution in [3.8, 4) is 0 Å². The van der Waals surface area contributed by atoms with Crippen molar-refractivity contribution in [2.45, 2.75) is 24.9 Å². The maximum atomic E-state index is 12.4. The number of aromatic nitrogens is 2. The third-order valence-electron chi connectivity index (χ3n) is 5.51. The first-order valence-electron chi connectivity index (χ1n) is 9.25. The highest BCUT2D eigenvalue weighted by atomic mass is 16.5. The maximum Gasteiger partial charge on any atom is 0.225 e. The van der Waals surface area contributed by atoms with E-state index in [1.165, 1.54) is 0 Å². The van der Waals surface area contributed by atoms with E-state index in [1.807, 2.05) is 11.1 Å². The van der Waals surface area contributed by atoms with E-state index < -0.39 is 0 Å². The van der Waals surface area contributed by atoms with Gasteiger partial charge in [0, 0.05) is 45.0 Å². The molecule has 0 aromatic carbocycles. The van der Waals surface area contributed by atoms with Gasteiger partial charge >= 0.3 is 0 Å². The molecule has 3 aliphatic rings. The van der Waals surface area contributed by atoms with Crippen LogP contribution < -0.4 is 4.90 Å². The zero-order valence-electron chi connectivity index (χ0n) is 15.3. The van der Waals surface area contributed by atoms with Crippen molar-refractivity contribution in [2.24, 2.45) is 0 Å². The van der Waals surface area contributed by atoms with Crippen molar-refractivity contribution in [1.82, 2.24) is 14.9 Å². The molecule has 0 unspecified atom stereocenters. The van der Waals surface area contributed by atoms with Gasteiger partial charge in [-0.3, -0.25) is 4.79 Å². The molecule has 1 amide bonds. The van der Waals surface area contributed by atoms with Gasteiger partial charge in [-0.2, -0.15) is 0 Å². The van der Waals surface area contributed by atoms with Crippen molar-refractivity contribution in [3.63, 3.8) is 0 Å². The number of ether oxygens (including phenoxy) is 3. The maximum absolute atomic E-state index is 12.4. The lowest BCUT2D eigenvalue weighted by Crippen LogP contribution is -2.43. The van der Waals surface area contributed by atoms with Crippen LogP contribution in [0.5, 0.6) is 0 Å². The van der Waals surface area contributed by atoms with Crippen molar-refractivity contribution in [1.29, 1.82) is 0 Å². The highest BCUT2D eigenvalue weighted by Gasteiger charge is 2.46. The van der Waals surface area contributed by atoms with E-state index in [0.717, 1.165) is 43.3 Å². The van der Waals surface area contributed by atoms with E-state index in [4.69, 9.17) is 19.2 Å². The predicted octanol–water partition coefficient (Wildman–Crippen LogP) is 0.350. The smallest absolute Gasteiger partial charge is 0.225 e. The summed E-state index contributed by atoms with van der Waals surface area (Å²) in [4.78, 5) is 26.0. The molecular weight excluding hydrogens is 336 g/mol. The van der Waals surface area contributed by atoms with E-state index in [0.29, 0.717) is 46.0 Å². The third-order valence-corrected chi connectivity index (χ3v) is 5.51. The van der Waals surface area contributed by atoms with Gasteiger partial charge in [-0.25, -0.2) is 9.97 Å². The van der Waals surface area contributed by atoms with Crippen LogP contribution in [0.15, 0.2) is 6.20 Å². The molecule has 26 heavy (non-hydrogen) atoms. The Hall–Kier alpha value is -1.77. The second-order valence-corrected chi connectivity index (χ2v) is 7.22. The molecule has 4 heterocycles. The van der Waals surface area contributed by atoms with E-state index in [9.17, 15) is 4.79 Å². The highest BCUT2D eigenvalue weighted by Crippen LogP contribution is 2.39. The fourth-order valence-corrected chi connectivity index (χ4v) is 4.05. The van der Waals surface area contributed by atoms with Crippen LogP contribution in [-0.2, 0) is 31.0 Å². The number of carbonyl (C=O) groups is 1. The normalized spacial score (nSPS) is 25.6. The summed E-state index contributed by atoms with van der Waals surface area (Å²) in [6.45, 7) is 6.02. The number of hydrogen-bond donors (Lipinski definition) is 0. The lowest BCUT2D eigenvalue weighted by atomic mass is 9.80. The van der Waals surface area contributed by atoms with Crippen molar-refractivity contribution >= 4 is 11.9 Å².